The number of pyridine rings is 1. The first-order valence-electron chi connectivity index (χ1n) is 5.43. The highest BCUT2D eigenvalue weighted by atomic mass is 16.1. The van der Waals surface area contributed by atoms with Gasteiger partial charge in [0.1, 0.15) is 0 Å². The van der Waals surface area contributed by atoms with Gasteiger partial charge in [-0.3, -0.25) is 9.78 Å². The highest BCUT2D eigenvalue weighted by Crippen LogP contribution is 2.06. The molecule has 0 saturated heterocycles. The minimum atomic E-state index is -0.0972. The molecule has 0 aliphatic carbocycles. The molecule has 1 heterocycles. The molecule has 1 radical (unpaired) electrons. The maximum Gasteiger partial charge on any atom is 0.228 e. The van der Waals surface area contributed by atoms with Gasteiger partial charge in [-0.1, -0.05) is 30.3 Å². The van der Waals surface area contributed by atoms with Crippen LogP contribution in [0.25, 0.3) is 0 Å². The van der Waals surface area contributed by atoms with E-state index in [4.69, 9.17) is 0 Å². The van der Waals surface area contributed by atoms with Crippen molar-refractivity contribution in [2.24, 2.45) is 0 Å². The zero-order valence-corrected chi connectivity index (χ0v) is 9.34. The average molecular weight is 225 g/mol. The Kier molecular flexibility index (Phi) is 3.86. The molecule has 2 rings (SSSR count). The molecule has 3 nitrogen and oxygen atoms in total. The number of aromatic nitrogens is 1. The van der Waals surface area contributed by atoms with Crippen molar-refractivity contribution in [3.8, 4) is 0 Å². The van der Waals surface area contributed by atoms with Crippen LogP contribution >= 0.6 is 0 Å². The molecule has 0 atom stereocenters. The minimum Gasteiger partial charge on any atom is -0.326 e. The van der Waals surface area contributed by atoms with Crippen LogP contribution in [0.2, 0.25) is 0 Å². The number of amides is 1. The molecule has 0 unspecified atom stereocenters. The largest absolute Gasteiger partial charge is 0.326 e. The lowest BCUT2D eigenvalue weighted by atomic mass is 10.1. The van der Waals surface area contributed by atoms with Crippen molar-refractivity contribution in [1.29, 1.82) is 0 Å². The molecule has 0 saturated carbocycles. The first-order valence-corrected chi connectivity index (χ1v) is 5.43. The van der Waals surface area contributed by atoms with Crippen LogP contribution in [0, 0.1) is 6.42 Å². The normalized spacial score (nSPS) is 9.88. The number of nitrogens with one attached hydrogen (secondary N) is 1. The summed E-state index contributed by atoms with van der Waals surface area (Å²) in [6, 6.07) is 13.4. The molecule has 0 spiro atoms. The fraction of sp³-hybridized carbons (Fsp3) is 0.0714. The molecule has 1 amide bonds. The summed E-state index contributed by atoms with van der Waals surface area (Å²) in [4.78, 5) is 15.5. The summed E-state index contributed by atoms with van der Waals surface area (Å²) < 4.78 is 0. The first-order chi connectivity index (χ1) is 8.34. The van der Waals surface area contributed by atoms with Gasteiger partial charge in [-0.15, -0.1) is 0 Å². The molecule has 0 aliphatic rings. The topological polar surface area (TPSA) is 42.0 Å². The Morgan fingerprint density at radius 1 is 1.12 bits per heavy atom. The second kappa shape index (κ2) is 5.80. The molecule has 1 aromatic heterocycles. The third-order valence-electron chi connectivity index (χ3n) is 2.31. The summed E-state index contributed by atoms with van der Waals surface area (Å²) in [7, 11) is 0. The van der Waals surface area contributed by atoms with E-state index in [9.17, 15) is 4.79 Å². The summed E-state index contributed by atoms with van der Waals surface area (Å²) in [6.07, 6.45) is 5.56. The monoisotopic (exact) mass is 225 g/mol. The fourth-order valence-electron chi connectivity index (χ4n) is 1.45. The van der Waals surface area contributed by atoms with Crippen LogP contribution in [0.3, 0.4) is 0 Å². The summed E-state index contributed by atoms with van der Waals surface area (Å²) in [5.41, 5.74) is 1.88. The van der Waals surface area contributed by atoms with Gasteiger partial charge >= 0.3 is 0 Å². The lowest BCUT2D eigenvalue weighted by molar-refractivity contribution is -0.113. The van der Waals surface area contributed by atoms with E-state index in [1.54, 1.807) is 30.9 Å². The van der Waals surface area contributed by atoms with E-state index in [-0.39, 0.29) is 5.91 Å². The van der Waals surface area contributed by atoms with Crippen LogP contribution in [-0.4, -0.2) is 10.9 Å². The van der Waals surface area contributed by atoms with Gasteiger partial charge < -0.3 is 5.32 Å². The SMILES string of the molecule is O=C([CH]Cc1ccccc1)Nc1ccncc1. The first kappa shape index (κ1) is 11.3. The van der Waals surface area contributed by atoms with E-state index in [0.29, 0.717) is 6.42 Å². The Hall–Kier alpha value is -2.16. The van der Waals surface area contributed by atoms with Crippen LogP contribution in [0.1, 0.15) is 5.56 Å². The Morgan fingerprint density at radius 3 is 2.53 bits per heavy atom. The fourth-order valence-corrected chi connectivity index (χ4v) is 1.45. The third-order valence-corrected chi connectivity index (χ3v) is 2.31. The predicted molar refractivity (Wildman–Crippen MR) is 67.3 cm³/mol. The second-order valence-corrected chi connectivity index (χ2v) is 3.62. The van der Waals surface area contributed by atoms with Gasteiger partial charge in [-0.05, 0) is 24.1 Å². The van der Waals surface area contributed by atoms with Gasteiger partial charge in [0.2, 0.25) is 5.91 Å². The highest BCUT2D eigenvalue weighted by Gasteiger charge is 2.02. The van der Waals surface area contributed by atoms with Crippen molar-refractivity contribution in [2.75, 3.05) is 5.32 Å². The van der Waals surface area contributed by atoms with E-state index in [2.05, 4.69) is 10.3 Å². The molecule has 0 fully saturated rings. The number of hydrogen-bond donors (Lipinski definition) is 1. The number of rotatable bonds is 4. The van der Waals surface area contributed by atoms with Crippen molar-refractivity contribution >= 4 is 11.6 Å². The standard InChI is InChI=1S/C14H13N2O/c17-14(16-13-8-10-15-11-9-13)7-6-12-4-2-1-3-5-12/h1-5,7-11H,6H2,(H,15,16,17). The Labute approximate surface area is 101 Å². The third kappa shape index (κ3) is 3.72. The van der Waals surface area contributed by atoms with Crippen LogP contribution in [0.15, 0.2) is 54.9 Å². The van der Waals surface area contributed by atoms with Crippen LogP contribution in [0.4, 0.5) is 5.69 Å². The lowest BCUT2D eigenvalue weighted by Crippen LogP contribution is -2.13. The van der Waals surface area contributed by atoms with Crippen LogP contribution in [-0.2, 0) is 11.2 Å². The van der Waals surface area contributed by atoms with E-state index in [1.807, 2.05) is 30.3 Å². The van der Waals surface area contributed by atoms with Crippen LogP contribution < -0.4 is 5.32 Å². The predicted octanol–water partition coefficient (Wildman–Crippen LogP) is 2.47. The van der Waals surface area contributed by atoms with Gasteiger partial charge in [0, 0.05) is 18.1 Å². The van der Waals surface area contributed by atoms with Gasteiger partial charge in [0.15, 0.2) is 0 Å². The highest BCUT2D eigenvalue weighted by molar-refractivity contribution is 5.97. The minimum absolute atomic E-state index is 0.0972. The Balaban J connectivity index is 1.83. The number of benzene rings is 1. The molecular weight excluding hydrogens is 212 g/mol. The van der Waals surface area contributed by atoms with Crippen molar-refractivity contribution < 1.29 is 4.79 Å². The van der Waals surface area contributed by atoms with E-state index < -0.39 is 0 Å². The lowest BCUT2D eigenvalue weighted by Gasteiger charge is -2.04. The van der Waals surface area contributed by atoms with Crippen LogP contribution in [0.5, 0.6) is 0 Å². The summed E-state index contributed by atoms with van der Waals surface area (Å²) in [5.74, 6) is -0.0972. The molecule has 1 aromatic carbocycles. The molecule has 0 bridgehead atoms. The number of anilines is 1. The molecule has 17 heavy (non-hydrogen) atoms. The zero-order valence-electron chi connectivity index (χ0n) is 9.34. The van der Waals surface area contributed by atoms with Crippen molar-refractivity contribution in [3.63, 3.8) is 0 Å². The van der Waals surface area contributed by atoms with Gasteiger partial charge in [0.05, 0.1) is 6.42 Å². The number of nitrogens with zero attached hydrogens (tertiary/aromatic N) is 1. The molecule has 0 aliphatic heterocycles. The second-order valence-electron chi connectivity index (χ2n) is 3.62. The average Bonchev–Trinajstić information content (AvgIpc) is 2.39. The molecular formula is C14H13N2O. The summed E-state index contributed by atoms with van der Waals surface area (Å²) in [6.45, 7) is 0. The molecule has 3 heteroatoms. The number of hydrogen-bond acceptors (Lipinski definition) is 2. The van der Waals surface area contributed by atoms with Crippen molar-refractivity contribution in [1.82, 2.24) is 4.98 Å². The number of carbonyl (C=O) groups is 1. The maximum absolute atomic E-state index is 11.6. The van der Waals surface area contributed by atoms with Gasteiger partial charge in [-0.25, -0.2) is 0 Å². The molecule has 2 aromatic rings. The quantitative estimate of drug-likeness (QED) is 0.868. The van der Waals surface area contributed by atoms with E-state index in [0.717, 1.165) is 11.3 Å². The van der Waals surface area contributed by atoms with E-state index >= 15 is 0 Å². The zero-order chi connectivity index (χ0) is 11.9. The number of carbonyl (C=O) groups excluding carboxylic acids is 1. The maximum atomic E-state index is 11.6. The van der Waals surface area contributed by atoms with E-state index in [1.165, 1.54) is 0 Å². The summed E-state index contributed by atoms with van der Waals surface area (Å²) in [5, 5.41) is 2.78. The van der Waals surface area contributed by atoms with Crippen molar-refractivity contribution in [2.45, 2.75) is 6.42 Å². The smallest absolute Gasteiger partial charge is 0.228 e. The van der Waals surface area contributed by atoms with Gasteiger partial charge in [-0.2, -0.15) is 0 Å². The summed E-state index contributed by atoms with van der Waals surface area (Å²) >= 11 is 0. The Bertz CT molecular complexity index is 468. The molecule has 85 valence electrons. The van der Waals surface area contributed by atoms with Crippen molar-refractivity contribution in [3.05, 3.63) is 66.8 Å². The van der Waals surface area contributed by atoms with Gasteiger partial charge in [0.25, 0.3) is 0 Å². The Morgan fingerprint density at radius 2 is 1.82 bits per heavy atom. The molecule has 1 N–H and O–H groups in total.